The van der Waals surface area contributed by atoms with E-state index in [1.165, 1.54) is 31.2 Å². The third-order valence-electron chi connectivity index (χ3n) is 4.61. The van der Waals surface area contributed by atoms with Crippen molar-refractivity contribution in [2.45, 2.75) is 31.7 Å². The van der Waals surface area contributed by atoms with Gasteiger partial charge in [-0.15, -0.1) is 0 Å². The Morgan fingerprint density at radius 1 is 1.14 bits per heavy atom. The quantitative estimate of drug-likeness (QED) is 0.924. The average molecular weight is 304 g/mol. The molecule has 3 nitrogen and oxygen atoms in total. The molecule has 1 aromatic carbocycles. The van der Waals surface area contributed by atoms with Crippen molar-refractivity contribution < 1.29 is 4.79 Å². The van der Waals surface area contributed by atoms with Crippen molar-refractivity contribution in [2.75, 3.05) is 24.6 Å². The first-order valence-electron chi connectivity index (χ1n) is 8.03. The number of thioether (sulfide) groups is 1. The van der Waals surface area contributed by atoms with Gasteiger partial charge in [0.25, 0.3) is 0 Å². The molecule has 1 aromatic rings. The van der Waals surface area contributed by atoms with Crippen LogP contribution in [0.1, 0.15) is 37.3 Å². The van der Waals surface area contributed by atoms with Gasteiger partial charge >= 0.3 is 6.03 Å². The predicted octanol–water partition coefficient (Wildman–Crippen LogP) is 3.68. The fourth-order valence-corrected chi connectivity index (χ4v) is 4.32. The van der Waals surface area contributed by atoms with E-state index in [0.29, 0.717) is 5.92 Å². The molecule has 2 fully saturated rings. The Morgan fingerprint density at radius 2 is 1.81 bits per heavy atom. The van der Waals surface area contributed by atoms with E-state index < -0.39 is 0 Å². The molecular formula is C17H24N2OS. The first-order valence-corrected chi connectivity index (χ1v) is 9.18. The van der Waals surface area contributed by atoms with Crippen LogP contribution in [0.2, 0.25) is 0 Å². The van der Waals surface area contributed by atoms with Gasteiger partial charge in [-0.25, -0.2) is 4.79 Å². The standard InChI is InChI=1S/C17H24N2OS/c20-17(19-10-12-21-13-11-19)18-16(15-8-4-5-9-15)14-6-2-1-3-7-14/h1-3,6-7,15-16H,4-5,8-13H2,(H,18,20). The monoisotopic (exact) mass is 304 g/mol. The molecule has 0 bridgehead atoms. The summed E-state index contributed by atoms with van der Waals surface area (Å²) in [5.74, 6) is 2.72. The minimum Gasteiger partial charge on any atom is -0.331 e. The number of nitrogens with one attached hydrogen (secondary N) is 1. The van der Waals surface area contributed by atoms with Crippen molar-refractivity contribution in [3.8, 4) is 0 Å². The lowest BCUT2D eigenvalue weighted by molar-refractivity contribution is 0.193. The molecule has 0 spiro atoms. The smallest absolute Gasteiger partial charge is 0.317 e. The van der Waals surface area contributed by atoms with Gasteiger partial charge in [-0.1, -0.05) is 43.2 Å². The Bertz CT molecular complexity index is 453. The Balaban J connectivity index is 1.71. The van der Waals surface area contributed by atoms with Crippen LogP contribution in [0, 0.1) is 5.92 Å². The molecule has 1 N–H and O–H groups in total. The third-order valence-corrected chi connectivity index (χ3v) is 5.55. The minimum atomic E-state index is 0.121. The summed E-state index contributed by atoms with van der Waals surface area (Å²) >= 11 is 1.93. The van der Waals surface area contributed by atoms with E-state index in [9.17, 15) is 4.79 Å². The summed E-state index contributed by atoms with van der Waals surface area (Å²) in [6.45, 7) is 1.76. The van der Waals surface area contributed by atoms with E-state index in [1.54, 1.807) is 0 Å². The molecule has 2 amide bonds. The highest BCUT2D eigenvalue weighted by Gasteiger charge is 2.29. The lowest BCUT2D eigenvalue weighted by Crippen LogP contribution is -2.46. The molecule has 1 atom stereocenters. The first kappa shape index (κ1) is 14.8. The predicted molar refractivity (Wildman–Crippen MR) is 88.6 cm³/mol. The highest BCUT2D eigenvalue weighted by molar-refractivity contribution is 7.99. The van der Waals surface area contributed by atoms with Crippen molar-refractivity contribution in [3.63, 3.8) is 0 Å². The summed E-state index contributed by atoms with van der Waals surface area (Å²) in [6, 6.07) is 10.8. The molecule has 3 rings (SSSR count). The van der Waals surface area contributed by atoms with E-state index in [2.05, 4.69) is 29.6 Å². The van der Waals surface area contributed by atoms with Gasteiger partial charge in [0, 0.05) is 24.6 Å². The largest absolute Gasteiger partial charge is 0.331 e. The topological polar surface area (TPSA) is 32.3 Å². The summed E-state index contributed by atoms with van der Waals surface area (Å²) in [4.78, 5) is 14.5. The molecule has 0 aromatic heterocycles. The Hall–Kier alpha value is -1.16. The van der Waals surface area contributed by atoms with Gasteiger partial charge < -0.3 is 10.2 Å². The van der Waals surface area contributed by atoms with Crippen LogP contribution in [-0.2, 0) is 0 Å². The van der Waals surface area contributed by atoms with Gasteiger partial charge in [-0.2, -0.15) is 11.8 Å². The molecular weight excluding hydrogens is 280 g/mol. The molecule has 114 valence electrons. The highest BCUT2D eigenvalue weighted by atomic mass is 32.2. The first-order chi connectivity index (χ1) is 10.3. The van der Waals surface area contributed by atoms with Crippen LogP contribution < -0.4 is 5.32 Å². The SMILES string of the molecule is O=C(NC(c1ccccc1)C1CCCC1)N1CCSCC1. The maximum absolute atomic E-state index is 12.5. The third kappa shape index (κ3) is 3.73. The lowest BCUT2D eigenvalue weighted by atomic mass is 9.92. The molecule has 1 aliphatic carbocycles. The van der Waals surface area contributed by atoms with Crippen molar-refractivity contribution in [1.29, 1.82) is 0 Å². The van der Waals surface area contributed by atoms with Gasteiger partial charge in [0.2, 0.25) is 0 Å². The fourth-order valence-electron chi connectivity index (χ4n) is 3.42. The number of rotatable bonds is 3. The van der Waals surface area contributed by atoms with E-state index in [4.69, 9.17) is 0 Å². The van der Waals surface area contributed by atoms with Gasteiger partial charge in [0.1, 0.15) is 0 Å². The van der Waals surface area contributed by atoms with Gasteiger partial charge in [0.15, 0.2) is 0 Å². The van der Waals surface area contributed by atoms with Crippen molar-refractivity contribution in [3.05, 3.63) is 35.9 Å². The summed E-state index contributed by atoms with van der Waals surface area (Å²) < 4.78 is 0. The molecule has 1 saturated carbocycles. The minimum absolute atomic E-state index is 0.121. The maximum atomic E-state index is 12.5. The maximum Gasteiger partial charge on any atom is 0.317 e. The number of hydrogen-bond acceptors (Lipinski definition) is 2. The molecule has 0 radical (unpaired) electrons. The van der Waals surface area contributed by atoms with E-state index in [-0.39, 0.29) is 12.1 Å². The zero-order valence-corrected chi connectivity index (χ0v) is 13.3. The van der Waals surface area contributed by atoms with Crippen molar-refractivity contribution in [1.82, 2.24) is 10.2 Å². The molecule has 4 heteroatoms. The van der Waals surface area contributed by atoms with Crippen LogP contribution in [0.3, 0.4) is 0 Å². The second-order valence-electron chi connectivity index (χ2n) is 5.98. The van der Waals surface area contributed by atoms with Crippen LogP contribution in [-0.4, -0.2) is 35.5 Å². The summed E-state index contributed by atoms with van der Waals surface area (Å²) in [6.07, 6.45) is 5.06. The van der Waals surface area contributed by atoms with Crippen molar-refractivity contribution >= 4 is 17.8 Å². The second kappa shape index (κ2) is 7.21. The molecule has 2 aliphatic rings. The zero-order valence-electron chi connectivity index (χ0n) is 12.5. The number of urea groups is 1. The highest BCUT2D eigenvalue weighted by Crippen LogP contribution is 2.35. The molecule has 1 heterocycles. The van der Waals surface area contributed by atoms with E-state index in [1.807, 2.05) is 22.7 Å². The number of carbonyl (C=O) groups is 1. The van der Waals surface area contributed by atoms with Crippen LogP contribution in [0.25, 0.3) is 0 Å². The van der Waals surface area contributed by atoms with E-state index in [0.717, 1.165) is 24.6 Å². The summed E-state index contributed by atoms with van der Waals surface area (Å²) in [7, 11) is 0. The normalized spacial score (nSPS) is 21.2. The zero-order chi connectivity index (χ0) is 14.5. The van der Waals surface area contributed by atoms with Crippen molar-refractivity contribution in [2.24, 2.45) is 5.92 Å². The average Bonchev–Trinajstić information content (AvgIpc) is 3.08. The van der Waals surface area contributed by atoms with Crippen LogP contribution >= 0.6 is 11.8 Å². The molecule has 1 saturated heterocycles. The summed E-state index contributed by atoms with van der Waals surface area (Å²) in [5, 5.41) is 3.32. The van der Waals surface area contributed by atoms with Crippen LogP contribution in [0.15, 0.2) is 30.3 Å². The Morgan fingerprint density at radius 3 is 2.48 bits per heavy atom. The number of benzene rings is 1. The van der Waals surface area contributed by atoms with Gasteiger partial charge in [-0.05, 0) is 24.3 Å². The Labute approximate surface area is 131 Å². The van der Waals surface area contributed by atoms with Gasteiger partial charge in [-0.3, -0.25) is 0 Å². The second-order valence-corrected chi connectivity index (χ2v) is 7.21. The van der Waals surface area contributed by atoms with Gasteiger partial charge in [0.05, 0.1) is 6.04 Å². The fraction of sp³-hybridized carbons (Fsp3) is 0.588. The lowest BCUT2D eigenvalue weighted by Gasteiger charge is -2.31. The number of amides is 2. The molecule has 1 unspecified atom stereocenters. The number of nitrogens with zero attached hydrogens (tertiary/aromatic N) is 1. The van der Waals surface area contributed by atoms with Crippen LogP contribution in [0.5, 0.6) is 0 Å². The van der Waals surface area contributed by atoms with Crippen LogP contribution in [0.4, 0.5) is 4.79 Å². The molecule has 21 heavy (non-hydrogen) atoms. The summed E-state index contributed by atoms with van der Waals surface area (Å²) in [5.41, 5.74) is 1.25. The molecule has 1 aliphatic heterocycles. The van der Waals surface area contributed by atoms with E-state index >= 15 is 0 Å². The Kier molecular flexibility index (Phi) is 5.07. The number of hydrogen-bond donors (Lipinski definition) is 1. The number of carbonyl (C=O) groups excluding carboxylic acids is 1.